The molecule has 0 aromatic heterocycles. The molecule has 0 atom stereocenters. The molecular weight excluding hydrogens is 418 g/mol. The maximum absolute atomic E-state index is 13.3. The minimum atomic E-state index is -3.95. The Hall–Kier alpha value is -3.09. The van der Waals surface area contributed by atoms with E-state index in [0.29, 0.717) is 42.4 Å². The summed E-state index contributed by atoms with van der Waals surface area (Å²) in [4.78, 5) is 12.7. The zero-order valence-electron chi connectivity index (χ0n) is 17.5. The molecule has 0 saturated heterocycles. The summed E-state index contributed by atoms with van der Waals surface area (Å²) in [6.07, 6.45) is 0.598. The molecule has 0 saturated carbocycles. The van der Waals surface area contributed by atoms with Crippen LogP contribution in [0.4, 0.5) is 5.69 Å². The van der Waals surface area contributed by atoms with E-state index in [2.05, 4.69) is 5.32 Å². The van der Waals surface area contributed by atoms with Gasteiger partial charge >= 0.3 is 0 Å². The predicted octanol–water partition coefficient (Wildman–Crippen LogP) is 3.00. The summed E-state index contributed by atoms with van der Waals surface area (Å²) in [5.74, 6) is 0.635. The highest BCUT2D eigenvalue weighted by molar-refractivity contribution is 7.89. The number of ether oxygens (including phenoxy) is 2. The number of nitrogens with zero attached hydrogens (tertiary/aromatic N) is 2. The number of rotatable bonds is 8. The van der Waals surface area contributed by atoms with Crippen LogP contribution in [0.25, 0.3) is 0 Å². The molecule has 0 unspecified atom stereocenters. The van der Waals surface area contributed by atoms with Crippen LogP contribution in [0.5, 0.6) is 11.5 Å². The fourth-order valence-corrected chi connectivity index (χ4v) is 4.47. The zero-order valence-corrected chi connectivity index (χ0v) is 18.3. The first-order valence-corrected chi connectivity index (χ1v) is 11.4. The lowest BCUT2D eigenvalue weighted by Gasteiger charge is -2.24. The Morgan fingerprint density at radius 2 is 1.90 bits per heavy atom. The van der Waals surface area contributed by atoms with Crippen LogP contribution in [0.2, 0.25) is 0 Å². The van der Waals surface area contributed by atoms with Crippen LogP contribution >= 0.6 is 0 Å². The molecular formula is C22H25N3O5S. The number of nitrogens with one attached hydrogen (secondary N) is 1. The Kier molecular flexibility index (Phi) is 7.15. The molecule has 31 heavy (non-hydrogen) atoms. The molecule has 1 heterocycles. The molecule has 164 valence electrons. The molecule has 0 spiro atoms. The molecule has 0 fully saturated rings. The van der Waals surface area contributed by atoms with Crippen molar-refractivity contribution in [2.45, 2.75) is 25.2 Å². The Morgan fingerprint density at radius 1 is 1.16 bits per heavy atom. The SMILES string of the molecule is CC(C)CCN(CC(=O)Nc1cccc(C#N)c1)S(=O)(=O)c1ccc2c(c1)OCCO2. The minimum Gasteiger partial charge on any atom is -0.486 e. The molecule has 1 N–H and O–H groups in total. The number of hydrogen-bond donors (Lipinski definition) is 1. The number of carbonyl (C=O) groups is 1. The molecule has 0 radical (unpaired) electrons. The molecule has 1 aliphatic rings. The Balaban J connectivity index is 1.82. The van der Waals surface area contributed by atoms with E-state index in [1.54, 1.807) is 24.3 Å². The Labute approximate surface area is 182 Å². The minimum absolute atomic E-state index is 0.0415. The van der Waals surface area contributed by atoms with E-state index in [1.165, 1.54) is 22.5 Å². The highest BCUT2D eigenvalue weighted by Crippen LogP contribution is 2.33. The van der Waals surface area contributed by atoms with E-state index in [-0.39, 0.29) is 23.9 Å². The first-order chi connectivity index (χ1) is 14.8. The van der Waals surface area contributed by atoms with Crippen LogP contribution in [-0.2, 0) is 14.8 Å². The van der Waals surface area contributed by atoms with Crippen LogP contribution in [0.1, 0.15) is 25.8 Å². The van der Waals surface area contributed by atoms with E-state index < -0.39 is 15.9 Å². The monoisotopic (exact) mass is 443 g/mol. The van der Waals surface area contributed by atoms with Crippen molar-refractivity contribution < 1.29 is 22.7 Å². The Morgan fingerprint density at radius 3 is 2.61 bits per heavy atom. The largest absolute Gasteiger partial charge is 0.486 e. The maximum atomic E-state index is 13.3. The molecule has 1 aliphatic heterocycles. The predicted molar refractivity (Wildman–Crippen MR) is 115 cm³/mol. The summed E-state index contributed by atoms with van der Waals surface area (Å²) in [6.45, 7) is 4.58. The highest BCUT2D eigenvalue weighted by Gasteiger charge is 2.28. The second-order valence-corrected chi connectivity index (χ2v) is 9.51. The Bertz CT molecular complexity index is 1090. The number of benzene rings is 2. The van der Waals surface area contributed by atoms with Crippen molar-refractivity contribution in [1.82, 2.24) is 4.31 Å². The topological polar surface area (TPSA) is 109 Å². The highest BCUT2D eigenvalue weighted by atomic mass is 32.2. The van der Waals surface area contributed by atoms with Gasteiger partial charge in [-0.25, -0.2) is 8.42 Å². The third-order valence-corrected chi connectivity index (χ3v) is 6.54. The van der Waals surface area contributed by atoms with Gasteiger partial charge in [0.05, 0.1) is 23.1 Å². The third-order valence-electron chi connectivity index (χ3n) is 4.70. The van der Waals surface area contributed by atoms with Gasteiger partial charge in [0.2, 0.25) is 15.9 Å². The lowest BCUT2D eigenvalue weighted by Crippen LogP contribution is -2.39. The van der Waals surface area contributed by atoms with Gasteiger partial charge in [-0.1, -0.05) is 19.9 Å². The fourth-order valence-electron chi connectivity index (χ4n) is 3.05. The van der Waals surface area contributed by atoms with Gasteiger partial charge in [0.25, 0.3) is 0 Å². The van der Waals surface area contributed by atoms with Crippen molar-refractivity contribution in [3.63, 3.8) is 0 Å². The van der Waals surface area contributed by atoms with E-state index in [1.807, 2.05) is 19.9 Å². The first kappa shape index (κ1) is 22.6. The summed E-state index contributed by atoms with van der Waals surface area (Å²) >= 11 is 0. The molecule has 1 amide bonds. The lowest BCUT2D eigenvalue weighted by molar-refractivity contribution is -0.116. The van der Waals surface area contributed by atoms with E-state index in [0.717, 1.165) is 0 Å². The molecule has 9 heteroatoms. The van der Waals surface area contributed by atoms with E-state index >= 15 is 0 Å². The summed E-state index contributed by atoms with van der Waals surface area (Å²) < 4.78 is 38.8. The molecule has 0 bridgehead atoms. The van der Waals surface area contributed by atoms with E-state index in [9.17, 15) is 13.2 Å². The van der Waals surface area contributed by atoms with Crippen LogP contribution < -0.4 is 14.8 Å². The second-order valence-electron chi connectivity index (χ2n) is 7.57. The van der Waals surface area contributed by atoms with Crippen LogP contribution in [0, 0.1) is 17.2 Å². The van der Waals surface area contributed by atoms with Gasteiger partial charge < -0.3 is 14.8 Å². The lowest BCUT2D eigenvalue weighted by atomic mass is 10.1. The summed E-state index contributed by atoms with van der Waals surface area (Å²) in [5.41, 5.74) is 0.836. The molecule has 8 nitrogen and oxygen atoms in total. The standard InChI is InChI=1S/C22H25N3O5S/c1-16(2)8-9-25(15-22(26)24-18-5-3-4-17(12-18)14-23)31(27,28)19-6-7-20-21(13-19)30-11-10-29-20/h3-7,12-13,16H,8-11,15H2,1-2H3,(H,24,26). The van der Waals surface area contributed by atoms with Gasteiger partial charge in [0, 0.05) is 18.3 Å². The number of fused-ring (bicyclic) bond motifs is 1. The normalized spacial score (nSPS) is 13.1. The van der Waals surface area contributed by atoms with Crippen LogP contribution in [0.3, 0.4) is 0 Å². The molecule has 2 aromatic carbocycles. The number of nitriles is 1. The molecule has 3 rings (SSSR count). The van der Waals surface area contributed by atoms with Gasteiger partial charge in [-0.3, -0.25) is 4.79 Å². The summed E-state index contributed by atoms with van der Waals surface area (Å²) in [7, 11) is -3.95. The molecule has 2 aromatic rings. The smallest absolute Gasteiger partial charge is 0.243 e. The van der Waals surface area contributed by atoms with Crippen molar-refractivity contribution >= 4 is 21.6 Å². The van der Waals surface area contributed by atoms with Gasteiger partial charge in [0.15, 0.2) is 11.5 Å². The van der Waals surface area contributed by atoms with Crippen molar-refractivity contribution in [2.75, 3.05) is 31.6 Å². The van der Waals surface area contributed by atoms with Gasteiger partial charge in [-0.2, -0.15) is 9.57 Å². The fraction of sp³-hybridized carbons (Fsp3) is 0.364. The van der Waals surface area contributed by atoms with Crippen LogP contribution in [0.15, 0.2) is 47.4 Å². The average molecular weight is 444 g/mol. The number of amides is 1. The summed E-state index contributed by atoms with van der Waals surface area (Å²) in [6, 6.07) is 12.9. The van der Waals surface area contributed by atoms with Crippen molar-refractivity contribution in [2.24, 2.45) is 5.92 Å². The number of anilines is 1. The second kappa shape index (κ2) is 9.81. The van der Waals surface area contributed by atoms with Crippen LogP contribution in [-0.4, -0.2) is 44.9 Å². The first-order valence-electron chi connectivity index (χ1n) is 9.99. The third kappa shape index (κ3) is 5.75. The van der Waals surface area contributed by atoms with Gasteiger partial charge in [0.1, 0.15) is 13.2 Å². The van der Waals surface area contributed by atoms with E-state index in [4.69, 9.17) is 14.7 Å². The quantitative estimate of drug-likeness (QED) is 0.672. The average Bonchev–Trinajstić information content (AvgIpc) is 2.76. The summed E-state index contributed by atoms with van der Waals surface area (Å²) in [5, 5.41) is 11.7. The van der Waals surface area contributed by atoms with Gasteiger partial charge in [-0.15, -0.1) is 0 Å². The zero-order chi connectivity index (χ0) is 22.4. The van der Waals surface area contributed by atoms with Gasteiger partial charge in [-0.05, 0) is 42.7 Å². The number of carbonyl (C=O) groups excluding carboxylic acids is 1. The number of sulfonamides is 1. The maximum Gasteiger partial charge on any atom is 0.243 e. The number of hydrogen-bond acceptors (Lipinski definition) is 6. The van der Waals surface area contributed by atoms with Crippen molar-refractivity contribution in [3.8, 4) is 17.6 Å². The molecule has 0 aliphatic carbocycles. The van der Waals surface area contributed by atoms with Crippen molar-refractivity contribution in [1.29, 1.82) is 5.26 Å². The van der Waals surface area contributed by atoms with Crippen molar-refractivity contribution in [3.05, 3.63) is 48.0 Å².